The van der Waals surface area contributed by atoms with Gasteiger partial charge in [0.1, 0.15) is 5.82 Å². The molecule has 6 heteroatoms. The minimum absolute atomic E-state index is 0.297. The van der Waals surface area contributed by atoms with E-state index in [1.165, 1.54) is 18.3 Å². The van der Waals surface area contributed by atoms with Crippen LogP contribution in [0.3, 0.4) is 0 Å². The molecule has 2 aromatic rings. The molecule has 0 fully saturated rings. The van der Waals surface area contributed by atoms with Crippen LogP contribution >= 0.6 is 0 Å². The number of pyridine rings is 1. The summed E-state index contributed by atoms with van der Waals surface area (Å²) < 4.78 is 12.8. The molecule has 0 radical (unpaired) electrons. The van der Waals surface area contributed by atoms with Crippen LogP contribution in [0.2, 0.25) is 0 Å². The predicted octanol–water partition coefficient (Wildman–Crippen LogP) is 1.74. The first-order valence-corrected chi connectivity index (χ1v) is 6.06. The lowest BCUT2D eigenvalue weighted by molar-refractivity contribution is 0.0951. The van der Waals surface area contributed by atoms with E-state index in [1.54, 1.807) is 25.1 Å². The third-order valence-corrected chi connectivity index (χ3v) is 2.81. The molecule has 0 aliphatic heterocycles. The van der Waals surface area contributed by atoms with Crippen LogP contribution in [0.1, 0.15) is 21.6 Å². The van der Waals surface area contributed by atoms with Crippen LogP contribution in [0, 0.1) is 12.7 Å². The number of amides is 1. The van der Waals surface area contributed by atoms with Gasteiger partial charge in [0, 0.05) is 18.4 Å². The van der Waals surface area contributed by atoms with Gasteiger partial charge in [-0.25, -0.2) is 4.39 Å². The number of hydrogen-bond acceptors (Lipinski definition) is 4. The summed E-state index contributed by atoms with van der Waals surface area (Å²) in [4.78, 5) is 16.1. The van der Waals surface area contributed by atoms with Crippen LogP contribution in [0.15, 0.2) is 36.5 Å². The van der Waals surface area contributed by atoms with Crippen molar-refractivity contribution in [2.75, 3.05) is 5.43 Å². The van der Waals surface area contributed by atoms with E-state index in [4.69, 9.17) is 5.84 Å². The summed E-state index contributed by atoms with van der Waals surface area (Å²) >= 11 is 0. The molecule has 0 saturated carbocycles. The summed E-state index contributed by atoms with van der Waals surface area (Å²) in [6.07, 6.45) is 1.46. The Bertz CT molecular complexity index is 613. The number of carbonyl (C=O) groups excluding carboxylic acids is 1. The zero-order valence-corrected chi connectivity index (χ0v) is 11.0. The molecule has 0 atom stereocenters. The maximum Gasteiger partial charge on any atom is 0.255 e. The molecule has 1 amide bonds. The number of nitrogens with two attached hydrogens (primary N) is 1. The second-order valence-electron chi connectivity index (χ2n) is 4.32. The Kier molecular flexibility index (Phi) is 4.27. The first kappa shape index (κ1) is 14.0. The third kappa shape index (κ3) is 3.30. The quantitative estimate of drug-likeness (QED) is 0.586. The number of halogens is 1. The number of nitrogen functional groups attached to an aromatic ring is 1. The molecule has 20 heavy (non-hydrogen) atoms. The Hall–Kier alpha value is -2.47. The number of hydrogen-bond donors (Lipinski definition) is 3. The number of benzene rings is 1. The van der Waals surface area contributed by atoms with Crippen LogP contribution < -0.4 is 16.6 Å². The lowest BCUT2D eigenvalue weighted by Gasteiger charge is -2.10. The average molecular weight is 274 g/mol. The second kappa shape index (κ2) is 6.12. The van der Waals surface area contributed by atoms with E-state index in [2.05, 4.69) is 15.7 Å². The van der Waals surface area contributed by atoms with Crippen LogP contribution in [0.4, 0.5) is 10.1 Å². The van der Waals surface area contributed by atoms with E-state index < -0.39 is 0 Å². The second-order valence-corrected chi connectivity index (χ2v) is 4.32. The van der Waals surface area contributed by atoms with Crippen molar-refractivity contribution in [1.82, 2.24) is 10.3 Å². The standard InChI is InChI=1S/C14H15FN4O/c1-9-6-13(19-16)12(8-17-9)14(20)18-7-10-2-4-11(15)5-3-10/h2-6,8H,7,16H2,1H3,(H,17,19)(H,18,20). The molecule has 0 saturated heterocycles. The number of rotatable bonds is 4. The van der Waals surface area contributed by atoms with E-state index in [0.717, 1.165) is 11.3 Å². The third-order valence-electron chi connectivity index (χ3n) is 2.81. The van der Waals surface area contributed by atoms with Gasteiger partial charge in [0.25, 0.3) is 5.91 Å². The number of carbonyl (C=O) groups is 1. The maximum atomic E-state index is 12.8. The van der Waals surface area contributed by atoms with Gasteiger partial charge in [-0.15, -0.1) is 0 Å². The average Bonchev–Trinajstić information content (AvgIpc) is 2.46. The molecule has 4 N–H and O–H groups in total. The molecule has 0 spiro atoms. The van der Waals surface area contributed by atoms with Gasteiger partial charge in [0.05, 0.1) is 11.3 Å². The SMILES string of the molecule is Cc1cc(NN)c(C(=O)NCc2ccc(F)cc2)cn1. The van der Waals surface area contributed by atoms with Crippen molar-refractivity contribution in [3.63, 3.8) is 0 Å². The molecule has 2 rings (SSSR count). The highest BCUT2D eigenvalue weighted by Crippen LogP contribution is 2.14. The molecule has 0 aliphatic carbocycles. The molecule has 0 bridgehead atoms. The number of aryl methyl sites for hydroxylation is 1. The van der Waals surface area contributed by atoms with Crippen molar-refractivity contribution < 1.29 is 9.18 Å². The summed E-state index contributed by atoms with van der Waals surface area (Å²) in [6.45, 7) is 2.11. The first-order chi connectivity index (χ1) is 9.60. The first-order valence-electron chi connectivity index (χ1n) is 6.06. The Morgan fingerprint density at radius 2 is 2.05 bits per heavy atom. The Morgan fingerprint density at radius 1 is 1.35 bits per heavy atom. The Morgan fingerprint density at radius 3 is 2.70 bits per heavy atom. The lowest BCUT2D eigenvalue weighted by Crippen LogP contribution is -2.25. The van der Waals surface area contributed by atoms with Crippen LogP contribution in [-0.4, -0.2) is 10.9 Å². The molecule has 1 aromatic carbocycles. The fourth-order valence-corrected chi connectivity index (χ4v) is 1.74. The normalized spacial score (nSPS) is 10.2. The molecular weight excluding hydrogens is 259 g/mol. The van der Waals surface area contributed by atoms with Gasteiger partial charge < -0.3 is 10.7 Å². The highest BCUT2D eigenvalue weighted by molar-refractivity contribution is 5.99. The predicted molar refractivity (Wildman–Crippen MR) is 74.4 cm³/mol. The largest absolute Gasteiger partial charge is 0.348 e. The zero-order valence-electron chi connectivity index (χ0n) is 11.0. The van der Waals surface area contributed by atoms with E-state index in [-0.39, 0.29) is 11.7 Å². The minimum atomic E-state index is -0.308. The van der Waals surface area contributed by atoms with Crippen molar-refractivity contribution in [2.45, 2.75) is 13.5 Å². The Balaban J connectivity index is 2.07. The molecule has 5 nitrogen and oxygen atoms in total. The van der Waals surface area contributed by atoms with E-state index in [9.17, 15) is 9.18 Å². The number of nitrogens with one attached hydrogen (secondary N) is 2. The van der Waals surface area contributed by atoms with Crippen molar-refractivity contribution in [2.24, 2.45) is 5.84 Å². The van der Waals surface area contributed by atoms with Gasteiger partial charge in [0.2, 0.25) is 0 Å². The molecular formula is C14H15FN4O. The number of aromatic nitrogens is 1. The van der Waals surface area contributed by atoms with Gasteiger partial charge >= 0.3 is 0 Å². The van der Waals surface area contributed by atoms with Crippen molar-refractivity contribution in [3.05, 3.63) is 59.2 Å². The summed E-state index contributed by atoms with van der Waals surface area (Å²) in [5.74, 6) is 4.78. The molecule has 1 aromatic heterocycles. The Labute approximate surface area is 116 Å². The smallest absolute Gasteiger partial charge is 0.255 e. The monoisotopic (exact) mass is 274 g/mol. The number of anilines is 1. The fraction of sp³-hybridized carbons (Fsp3) is 0.143. The highest BCUT2D eigenvalue weighted by Gasteiger charge is 2.11. The zero-order chi connectivity index (χ0) is 14.5. The van der Waals surface area contributed by atoms with Gasteiger partial charge in [-0.05, 0) is 30.7 Å². The minimum Gasteiger partial charge on any atom is -0.348 e. The molecule has 104 valence electrons. The van der Waals surface area contributed by atoms with Gasteiger partial charge in [-0.1, -0.05) is 12.1 Å². The topological polar surface area (TPSA) is 80.0 Å². The van der Waals surface area contributed by atoms with E-state index >= 15 is 0 Å². The molecule has 0 unspecified atom stereocenters. The molecule has 0 aliphatic rings. The summed E-state index contributed by atoms with van der Waals surface area (Å²) in [7, 11) is 0. The summed E-state index contributed by atoms with van der Waals surface area (Å²) in [5.41, 5.74) is 4.91. The van der Waals surface area contributed by atoms with Crippen LogP contribution in [-0.2, 0) is 6.54 Å². The van der Waals surface area contributed by atoms with Gasteiger partial charge in [-0.2, -0.15) is 0 Å². The number of hydrazine groups is 1. The van der Waals surface area contributed by atoms with Gasteiger partial charge in [-0.3, -0.25) is 15.6 Å². The molecule has 1 heterocycles. The highest BCUT2D eigenvalue weighted by atomic mass is 19.1. The van der Waals surface area contributed by atoms with Crippen molar-refractivity contribution in [3.8, 4) is 0 Å². The van der Waals surface area contributed by atoms with Gasteiger partial charge in [0.15, 0.2) is 0 Å². The fourth-order valence-electron chi connectivity index (χ4n) is 1.74. The summed E-state index contributed by atoms with van der Waals surface area (Å²) in [6, 6.07) is 7.62. The van der Waals surface area contributed by atoms with Crippen LogP contribution in [0.5, 0.6) is 0 Å². The summed E-state index contributed by atoms with van der Waals surface area (Å²) in [5, 5.41) is 2.73. The lowest BCUT2D eigenvalue weighted by atomic mass is 10.2. The van der Waals surface area contributed by atoms with E-state index in [1.807, 2.05) is 0 Å². The van der Waals surface area contributed by atoms with Crippen molar-refractivity contribution in [1.29, 1.82) is 0 Å². The van der Waals surface area contributed by atoms with E-state index in [0.29, 0.717) is 17.8 Å². The number of nitrogens with zero attached hydrogens (tertiary/aromatic N) is 1. The van der Waals surface area contributed by atoms with Crippen LogP contribution in [0.25, 0.3) is 0 Å². The van der Waals surface area contributed by atoms with Crippen molar-refractivity contribution >= 4 is 11.6 Å². The maximum absolute atomic E-state index is 12.8.